The summed E-state index contributed by atoms with van der Waals surface area (Å²) in [7, 11) is 0. The second kappa shape index (κ2) is 8.87. The van der Waals surface area contributed by atoms with E-state index in [0.717, 1.165) is 17.1 Å². The minimum absolute atomic E-state index is 0.0664. The molecule has 5 heteroatoms. The summed E-state index contributed by atoms with van der Waals surface area (Å²) >= 11 is 1.69. The molecule has 1 unspecified atom stereocenters. The average Bonchev–Trinajstić information content (AvgIpc) is 2.42. The van der Waals surface area contributed by atoms with E-state index in [0.29, 0.717) is 13.0 Å². The molecule has 0 aliphatic heterocycles. The van der Waals surface area contributed by atoms with Gasteiger partial charge in [-0.2, -0.15) is 11.8 Å². The fourth-order valence-electron chi connectivity index (χ4n) is 1.69. The molecule has 0 heterocycles. The van der Waals surface area contributed by atoms with Gasteiger partial charge in [0.05, 0.1) is 12.1 Å². The topological polar surface area (TPSA) is 64.4 Å². The van der Waals surface area contributed by atoms with Crippen LogP contribution >= 0.6 is 11.8 Å². The van der Waals surface area contributed by atoms with Crippen molar-refractivity contribution in [1.82, 2.24) is 5.32 Å². The van der Waals surface area contributed by atoms with Gasteiger partial charge in [0, 0.05) is 0 Å². The molecular weight excluding hydrogens is 272 g/mol. The molecule has 1 rings (SSSR count). The highest BCUT2D eigenvalue weighted by molar-refractivity contribution is 7.98. The van der Waals surface area contributed by atoms with Crippen molar-refractivity contribution in [2.24, 2.45) is 5.73 Å². The molecule has 0 aliphatic rings. The molecule has 0 bridgehead atoms. The Balaban J connectivity index is 2.32. The molecule has 2 atom stereocenters. The van der Waals surface area contributed by atoms with E-state index in [-0.39, 0.29) is 11.9 Å². The van der Waals surface area contributed by atoms with E-state index in [1.807, 2.05) is 44.4 Å². The third-order valence-electron chi connectivity index (χ3n) is 2.85. The maximum Gasteiger partial charge on any atom is 0.237 e. The first kappa shape index (κ1) is 16.9. The van der Waals surface area contributed by atoms with Crippen molar-refractivity contribution in [1.29, 1.82) is 0 Å². The summed E-state index contributed by atoms with van der Waals surface area (Å²) in [6.45, 7) is 4.36. The quantitative estimate of drug-likeness (QED) is 0.770. The van der Waals surface area contributed by atoms with Crippen LogP contribution in [0.4, 0.5) is 0 Å². The summed E-state index contributed by atoms with van der Waals surface area (Å²) in [5.41, 5.74) is 6.96. The summed E-state index contributed by atoms with van der Waals surface area (Å²) in [5.74, 6) is 1.60. The lowest BCUT2D eigenvalue weighted by molar-refractivity contribution is -0.123. The Morgan fingerprint density at radius 3 is 2.90 bits per heavy atom. The monoisotopic (exact) mass is 296 g/mol. The predicted molar refractivity (Wildman–Crippen MR) is 85.3 cm³/mol. The molecule has 0 aliphatic carbocycles. The summed E-state index contributed by atoms with van der Waals surface area (Å²) in [5, 5.41) is 2.88. The zero-order valence-corrected chi connectivity index (χ0v) is 13.2. The summed E-state index contributed by atoms with van der Waals surface area (Å²) < 4.78 is 5.65. The molecule has 1 aromatic carbocycles. The molecule has 0 saturated heterocycles. The zero-order chi connectivity index (χ0) is 15.0. The Hall–Kier alpha value is -1.20. The predicted octanol–water partition coefficient (Wildman–Crippen LogP) is 1.96. The van der Waals surface area contributed by atoms with Crippen LogP contribution in [0, 0.1) is 6.92 Å². The van der Waals surface area contributed by atoms with Gasteiger partial charge < -0.3 is 15.8 Å². The number of rotatable bonds is 8. The van der Waals surface area contributed by atoms with Crippen molar-refractivity contribution in [3.63, 3.8) is 0 Å². The van der Waals surface area contributed by atoms with Gasteiger partial charge in [-0.3, -0.25) is 4.79 Å². The standard InChI is InChI=1S/C15H24N2O2S/c1-11-5-4-6-13(9-11)19-10-12(2)17-15(18)14(16)7-8-20-3/h4-6,9,12,14H,7-8,10,16H2,1-3H3,(H,17,18)/t12?,14-/m0/s1. The highest BCUT2D eigenvalue weighted by Crippen LogP contribution is 2.12. The molecule has 0 aromatic heterocycles. The van der Waals surface area contributed by atoms with Gasteiger partial charge in [0.15, 0.2) is 0 Å². The lowest BCUT2D eigenvalue weighted by Gasteiger charge is -2.18. The number of carbonyl (C=O) groups is 1. The Morgan fingerprint density at radius 2 is 2.25 bits per heavy atom. The second-order valence-electron chi connectivity index (χ2n) is 4.93. The number of carbonyl (C=O) groups excluding carboxylic acids is 1. The SMILES string of the molecule is CSCC[C@H](N)C(=O)NC(C)COc1cccc(C)c1. The number of amides is 1. The number of thioether (sulfide) groups is 1. The van der Waals surface area contributed by atoms with E-state index in [1.54, 1.807) is 11.8 Å². The van der Waals surface area contributed by atoms with Crippen LogP contribution in [-0.4, -0.2) is 36.6 Å². The van der Waals surface area contributed by atoms with Crippen LogP contribution in [0.5, 0.6) is 5.75 Å². The molecule has 4 nitrogen and oxygen atoms in total. The first-order chi connectivity index (χ1) is 9.52. The largest absolute Gasteiger partial charge is 0.491 e. The minimum atomic E-state index is -0.441. The van der Waals surface area contributed by atoms with E-state index >= 15 is 0 Å². The fourth-order valence-corrected chi connectivity index (χ4v) is 2.18. The molecule has 0 fully saturated rings. The van der Waals surface area contributed by atoms with Crippen LogP contribution in [0.3, 0.4) is 0 Å². The van der Waals surface area contributed by atoms with E-state index < -0.39 is 6.04 Å². The van der Waals surface area contributed by atoms with Crippen LogP contribution in [0.25, 0.3) is 0 Å². The number of benzene rings is 1. The van der Waals surface area contributed by atoms with Crippen molar-refractivity contribution < 1.29 is 9.53 Å². The van der Waals surface area contributed by atoms with E-state index in [1.165, 1.54) is 0 Å². The highest BCUT2D eigenvalue weighted by atomic mass is 32.2. The fraction of sp³-hybridized carbons (Fsp3) is 0.533. The molecule has 1 aromatic rings. The van der Waals surface area contributed by atoms with Crippen molar-refractivity contribution >= 4 is 17.7 Å². The molecule has 1 amide bonds. The number of nitrogens with one attached hydrogen (secondary N) is 1. The normalized spacial score (nSPS) is 13.6. The molecule has 3 N–H and O–H groups in total. The lowest BCUT2D eigenvalue weighted by atomic mass is 10.2. The smallest absolute Gasteiger partial charge is 0.237 e. The van der Waals surface area contributed by atoms with Gasteiger partial charge in [0.2, 0.25) is 5.91 Å². The Labute approximate surface area is 125 Å². The van der Waals surface area contributed by atoms with E-state index in [2.05, 4.69) is 5.32 Å². The van der Waals surface area contributed by atoms with Gasteiger partial charge in [-0.15, -0.1) is 0 Å². The van der Waals surface area contributed by atoms with Gasteiger partial charge in [-0.05, 0) is 50.0 Å². The number of hydrogen-bond acceptors (Lipinski definition) is 4. The van der Waals surface area contributed by atoms with Crippen molar-refractivity contribution in [2.45, 2.75) is 32.4 Å². The van der Waals surface area contributed by atoms with Gasteiger partial charge in [-0.25, -0.2) is 0 Å². The third-order valence-corrected chi connectivity index (χ3v) is 3.49. The van der Waals surface area contributed by atoms with Crippen molar-refractivity contribution in [3.05, 3.63) is 29.8 Å². The van der Waals surface area contributed by atoms with Crippen LogP contribution in [0.15, 0.2) is 24.3 Å². The summed E-state index contributed by atoms with van der Waals surface area (Å²) in [6.07, 6.45) is 2.70. The maximum absolute atomic E-state index is 11.8. The first-order valence-electron chi connectivity index (χ1n) is 6.77. The molecule has 0 spiro atoms. The van der Waals surface area contributed by atoms with Gasteiger partial charge in [-0.1, -0.05) is 12.1 Å². The number of hydrogen-bond donors (Lipinski definition) is 2. The molecule has 20 heavy (non-hydrogen) atoms. The molecular formula is C15H24N2O2S. The van der Waals surface area contributed by atoms with Crippen molar-refractivity contribution in [2.75, 3.05) is 18.6 Å². The number of ether oxygens (including phenoxy) is 1. The molecule has 0 saturated carbocycles. The highest BCUT2D eigenvalue weighted by Gasteiger charge is 2.15. The Bertz CT molecular complexity index is 426. The van der Waals surface area contributed by atoms with Crippen LogP contribution in [0.1, 0.15) is 18.9 Å². The van der Waals surface area contributed by atoms with Crippen LogP contribution < -0.4 is 15.8 Å². The van der Waals surface area contributed by atoms with Crippen molar-refractivity contribution in [3.8, 4) is 5.75 Å². The summed E-state index contributed by atoms with van der Waals surface area (Å²) in [6, 6.07) is 7.34. The number of nitrogens with two attached hydrogens (primary N) is 1. The van der Waals surface area contributed by atoms with E-state index in [4.69, 9.17) is 10.5 Å². The first-order valence-corrected chi connectivity index (χ1v) is 8.16. The third kappa shape index (κ3) is 6.30. The van der Waals surface area contributed by atoms with Gasteiger partial charge >= 0.3 is 0 Å². The van der Waals surface area contributed by atoms with E-state index in [9.17, 15) is 4.79 Å². The second-order valence-corrected chi connectivity index (χ2v) is 5.91. The van der Waals surface area contributed by atoms with Crippen LogP contribution in [-0.2, 0) is 4.79 Å². The maximum atomic E-state index is 11.8. The summed E-state index contributed by atoms with van der Waals surface area (Å²) in [4.78, 5) is 11.8. The Kier molecular flexibility index (Phi) is 7.47. The molecule has 0 radical (unpaired) electrons. The Morgan fingerprint density at radius 1 is 1.50 bits per heavy atom. The molecule has 112 valence electrons. The van der Waals surface area contributed by atoms with Gasteiger partial charge in [0.25, 0.3) is 0 Å². The lowest BCUT2D eigenvalue weighted by Crippen LogP contribution is -2.46. The average molecular weight is 296 g/mol. The number of aryl methyl sites for hydroxylation is 1. The zero-order valence-electron chi connectivity index (χ0n) is 12.4. The van der Waals surface area contributed by atoms with Gasteiger partial charge in [0.1, 0.15) is 12.4 Å². The van der Waals surface area contributed by atoms with Crippen LogP contribution in [0.2, 0.25) is 0 Å². The minimum Gasteiger partial charge on any atom is -0.491 e.